The van der Waals surface area contributed by atoms with E-state index < -0.39 is 0 Å². The summed E-state index contributed by atoms with van der Waals surface area (Å²) in [4.78, 5) is 2.37. The van der Waals surface area contributed by atoms with Gasteiger partial charge in [0.25, 0.3) is 0 Å². The second-order valence-corrected chi connectivity index (χ2v) is 14.5. The molecule has 12 rings (SSSR count). The second kappa shape index (κ2) is 12.0. The Balaban J connectivity index is 1.08. The molecule has 0 unspecified atom stereocenters. The van der Waals surface area contributed by atoms with Gasteiger partial charge in [0.05, 0.1) is 22.1 Å². The van der Waals surface area contributed by atoms with E-state index in [4.69, 9.17) is 8.83 Å². The predicted octanol–water partition coefficient (Wildman–Crippen LogP) is 14.9. The third kappa shape index (κ3) is 4.53. The molecule has 0 atom stereocenters. The summed E-state index contributed by atoms with van der Waals surface area (Å²) in [5.41, 5.74) is 12.3. The van der Waals surface area contributed by atoms with E-state index in [2.05, 4.69) is 191 Å². The van der Waals surface area contributed by atoms with Crippen LogP contribution >= 0.6 is 0 Å². The van der Waals surface area contributed by atoms with E-state index in [0.717, 1.165) is 88.5 Å². The van der Waals surface area contributed by atoms with Gasteiger partial charge in [-0.15, -0.1) is 0 Å². The van der Waals surface area contributed by atoms with E-state index >= 15 is 0 Å². The number of fused-ring (bicyclic) bond motifs is 11. The van der Waals surface area contributed by atoms with Crippen molar-refractivity contribution in [2.75, 3.05) is 4.90 Å². The number of hydrogen-bond donors (Lipinski definition) is 0. The highest BCUT2D eigenvalue weighted by Crippen LogP contribution is 2.46. The fourth-order valence-corrected chi connectivity index (χ4v) is 8.89. The van der Waals surface area contributed by atoms with Crippen molar-refractivity contribution in [2.24, 2.45) is 0 Å². The fraction of sp³-hybridized carbons (Fsp3) is 0. The van der Waals surface area contributed by atoms with Gasteiger partial charge < -0.3 is 18.3 Å². The topological polar surface area (TPSA) is 34.5 Å². The molecule has 262 valence electrons. The first-order valence-corrected chi connectivity index (χ1v) is 19.0. The highest BCUT2D eigenvalue weighted by molar-refractivity contribution is 6.20. The van der Waals surface area contributed by atoms with Gasteiger partial charge in [0.15, 0.2) is 0 Å². The van der Waals surface area contributed by atoms with Crippen molar-refractivity contribution >= 4 is 93.5 Å². The molecule has 4 heteroatoms. The molecule has 0 aliphatic carbocycles. The lowest BCUT2D eigenvalue weighted by molar-refractivity contribution is 0.670. The van der Waals surface area contributed by atoms with Crippen LogP contribution in [-0.4, -0.2) is 4.57 Å². The smallest absolute Gasteiger partial charge is 0.143 e. The van der Waals surface area contributed by atoms with Crippen molar-refractivity contribution in [2.45, 2.75) is 0 Å². The van der Waals surface area contributed by atoms with Gasteiger partial charge in [0, 0.05) is 54.9 Å². The van der Waals surface area contributed by atoms with Crippen molar-refractivity contribution in [1.29, 1.82) is 0 Å². The number of anilines is 3. The Bertz CT molecular complexity index is 3440. The van der Waals surface area contributed by atoms with Gasteiger partial charge in [-0.3, -0.25) is 0 Å². The number of rotatable bonds is 5. The summed E-state index contributed by atoms with van der Waals surface area (Å²) in [6, 6.07) is 69.0. The lowest BCUT2D eigenvalue weighted by atomic mass is 10.0. The molecule has 12 aromatic rings. The van der Waals surface area contributed by atoms with Crippen LogP contribution in [0.5, 0.6) is 0 Å². The predicted molar refractivity (Wildman–Crippen MR) is 233 cm³/mol. The minimum atomic E-state index is 0.851. The standard InChI is InChI=1S/C52H32N2O2/c1-2-15-38-33(12-1)26-31-44-50-47(23-11-25-49(50)56-52(38)44)53(35-27-29-36(30-28-35)54-45-21-6-3-16-40(45)41-17-4-7-22-46(41)54)37-14-9-13-34(32-37)39-19-10-20-43-42-18-5-8-24-48(42)55-51(39)43/h1-32H. The summed E-state index contributed by atoms with van der Waals surface area (Å²) < 4.78 is 15.6. The number of furan rings is 2. The molecule has 0 aliphatic heterocycles. The number of aromatic nitrogens is 1. The molecular weight excluding hydrogens is 685 g/mol. The summed E-state index contributed by atoms with van der Waals surface area (Å²) in [5, 5.41) is 9.15. The first-order chi connectivity index (χ1) is 27.8. The summed E-state index contributed by atoms with van der Waals surface area (Å²) in [5.74, 6) is 0. The van der Waals surface area contributed by atoms with Crippen LogP contribution in [0.2, 0.25) is 0 Å². The Morgan fingerprint density at radius 3 is 1.86 bits per heavy atom. The van der Waals surface area contributed by atoms with Gasteiger partial charge in [0.2, 0.25) is 0 Å². The maximum absolute atomic E-state index is 6.71. The summed E-state index contributed by atoms with van der Waals surface area (Å²) >= 11 is 0. The Morgan fingerprint density at radius 1 is 0.393 bits per heavy atom. The Kier molecular flexibility index (Phi) is 6.60. The zero-order valence-corrected chi connectivity index (χ0v) is 30.2. The largest absolute Gasteiger partial charge is 0.455 e. The minimum Gasteiger partial charge on any atom is -0.455 e. The van der Waals surface area contributed by atoms with Crippen molar-refractivity contribution < 1.29 is 8.83 Å². The van der Waals surface area contributed by atoms with Crippen LogP contribution in [0.4, 0.5) is 17.1 Å². The first kappa shape index (κ1) is 30.9. The number of benzene rings is 9. The third-order valence-corrected chi connectivity index (χ3v) is 11.4. The fourth-order valence-electron chi connectivity index (χ4n) is 8.89. The van der Waals surface area contributed by atoms with E-state index in [1.165, 1.54) is 21.8 Å². The van der Waals surface area contributed by atoms with Crippen molar-refractivity contribution in [1.82, 2.24) is 4.57 Å². The van der Waals surface area contributed by atoms with Crippen LogP contribution in [0, 0.1) is 0 Å². The van der Waals surface area contributed by atoms with E-state index in [-0.39, 0.29) is 0 Å². The van der Waals surface area contributed by atoms with Crippen LogP contribution < -0.4 is 4.90 Å². The van der Waals surface area contributed by atoms with Crippen molar-refractivity contribution in [3.63, 3.8) is 0 Å². The molecule has 0 amide bonds. The molecule has 0 N–H and O–H groups in total. The van der Waals surface area contributed by atoms with E-state index in [1.54, 1.807) is 0 Å². The zero-order valence-electron chi connectivity index (χ0n) is 30.2. The Hall–Kier alpha value is -7.56. The minimum absolute atomic E-state index is 0.851. The van der Waals surface area contributed by atoms with E-state index in [9.17, 15) is 0 Å². The molecule has 0 bridgehead atoms. The van der Waals surface area contributed by atoms with Crippen LogP contribution in [0.3, 0.4) is 0 Å². The number of nitrogens with zero attached hydrogens (tertiary/aromatic N) is 2. The highest BCUT2D eigenvalue weighted by Gasteiger charge is 2.22. The molecule has 3 heterocycles. The molecule has 3 aromatic heterocycles. The van der Waals surface area contributed by atoms with Crippen LogP contribution in [0.15, 0.2) is 203 Å². The van der Waals surface area contributed by atoms with E-state index in [1.807, 2.05) is 12.1 Å². The molecule has 9 aromatic carbocycles. The highest BCUT2D eigenvalue weighted by atomic mass is 16.3. The monoisotopic (exact) mass is 716 g/mol. The summed E-state index contributed by atoms with van der Waals surface area (Å²) in [6.07, 6.45) is 0. The molecule has 0 saturated heterocycles. The van der Waals surface area contributed by atoms with Gasteiger partial charge in [-0.05, 0) is 83.7 Å². The van der Waals surface area contributed by atoms with Crippen LogP contribution in [0.1, 0.15) is 0 Å². The lowest BCUT2D eigenvalue weighted by Crippen LogP contribution is -2.10. The van der Waals surface area contributed by atoms with Gasteiger partial charge in [-0.2, -0.15) is 0 Å². The molecule has 0 radical (unpaired) electrons. The maximum atomic E-state index is 6.71. The summed E-state index contributed by atoms with van der Waals surface area (Å²) in [6.45, 7) is 0. The Labute approximate surface area is 321 Å². The Morgan fingerprint density at radius 2 is 1.04 bits per heavy atom. The van der Waals surface area contributed by atoms with Crippen LogP contribution in [-0.2, 0) is 0 Å². The van der Waals surface area contributed by atoms with Gasteiger partial charge in [-0.25, -0.2) is 0 Å². The summed E-state index contributed by atoms with van der Waals surface area (Å²) in [7, 11) is 0. The van der Waals surface area contributed by atoms with Gasteiger partial charge in [0.1, 0.15) is 22.3 Å². The first-order valence-electron chi connectivity index (χ1n) is 19.0. The SMILES string of the molecule is c1cc(-c2cccc3c2oc2ccccc23)cc(N(c2ccc(-n3c4ccccc4c4ccccc43)cc2)c2cccc3oc4c5ccccc5ccc4c23)c1. The third-order valence-electron chi connectivity index (χ3n) is 11.4. The van der Waals surface area contributed by atoms with Crippen LogP contribution in [0.25, 0.3) is 93.3 Å². The molecule has 0 spiro atoms. The number of hydrogen-bond acceptors (Lipinski definition) is 3. The molecular formula is C52H32N2O2. The molecule has 0 saturated carbocycles. The second-order valence-electron chi connectivity index (χ2n) is 14.5. The van der Waals surface area contributed by atoms with Gasteiger partial charge >= 0.3 is 0 Å². The molecule has 0 aliphatic rings. The van der Waals surface area contributed by atoms with Crippen molar-refractivity contribution in [3.05, 3.63) is 194 Å². The maximum Gasteiger partial charge on any atom is 0.143 e. The van der Waals surface area contributed by atoms with E-state index in [0.29, 0.717) is 0 Å². The normalized spacial score (nSPS) is 11.9. The van der Waals surface area contributed by atoms with Crippen molar-refractivity contribution in [3.8, 4) is 16.8 Å². The molecule has 4 nitrogen and oxygen atoms in total. The van der Waals surface area contributed by atoms with Gasteiger partial charge in [-0.1, -0.05) is 121 Å². The molecule has 0 fully saturated rings. The lowest BCUT2D eigenvalue weighted by Gasteiger charge is -2.27. The quantitative estimate of drug-likeness (QED) is 0.178. The average Bonchev–Trinajstić information content (AvgIpc) is 3.95. The average molecular weight is 717 g/mol. The zero-order chi connectivity index (χ0) is 36.7. The number of para-hydroxylation sites is 4. The molecule has 56 heavy (non-hydrogen) atoms.